The summed E-state index contributed by atoms with van der Waals surface area (Å²) in [6, 6.07) is 4.60. The van der Waals surface area contributed by atoms with Crippen LogP contribution in [0.5, 0.6) is 0 Å². The lowest BCUT2D eigenvalue weighted by Crippen LogP contribution is -2.46. The van der Waals surface area contributed by atoms with E-state index < -0.39 is 4.92 Å². The molecule has 1 aromatic heterocycles. The maximum absolute atomic E-state index is 12.2. The Hall–Kier alpha value is -3.01. The second kappa shape index (κ2) is 8.34. The molecule has 150 valence electrons. The monoisotopic (exact) mass is 388 g/mol. The first-order valence-electron chi connectivity index (χ1n) is 9.19. The largest absolute Gasteiger partial charge is 0.363 e. The third kappa shape index (κ3) is 4.63. The SMILES string of the molecule is Cc1nc(CN2CCN(c3ccc(C(=O)NC(C)C)cc3[N+](=O)[O-])CC2)no1. The summed E-state index contributed by atoms with van der Waals surface area (Å²) in [5.74, 6) is 0.855. The molecule has 2 heterocycles. The van der Waals surface area contributed by atoms with E-state index >= 15 is 0 Å². The number of hydrogen-bond donors (Lipinski definition) is 1. The zero-order valence-corrected chi connectivity index (χ0v) is 16.2. The number of amides is 1. The van der Waals surface area contributed by atoms with Crippen LogP contribution in [0.1, 0.15) is 35.9 Å². The number of aromatic nitrogens is 2. The van der Waals surface area contributed by atoms with Crippen molar-refractivity contribution in [3.63, 3.8) is 0 Å². The molecule has 0 bridgehead atoms. The molecule has 0 atom stereocenters. The van der Waals surface area contributed by atoms with Gasteiger partial charge in [0.1, 0.15) is 5.69 Å². The van der Waals surface area contributed by atoms with Gasteiger partial charge in [0.2, 0.25) is 5.89 Å². The fourth-order valence-electron chi connectivity index (χ4n) is 3.18. The van der Waals surface area contributed by atoms with Crippen molar-refractivity contribution >= 4 is 17.3 Å². The van der Waals surface area contributed by atoms with E-state index in [4.69, 9.17) is 4.52 Å². The highest BCUT2D eigenvalue weighted by molar-refractivity contribution is 5.96. The van der Waals surface area contributed by atoms with Gasteiger partial charge in [0.15, 0.2) is 5.82 Å². The predicted octanol–water partition coefficient (Wildman–Crippen LogP) is 1.75. The van der Waals surface area contributed by atoms with Crippen molar-refractivity contribution in [2.75, 3.05) is 31.1 Å². The normalized spacial score (nSPS) is 15.1. The van der Waals surface area contributed by atoms with Gasteiger partial charge in [-0.2, -0.15) is 4.98 Å². The topological polar surface area (TPSA) is 118 Å². The number of carbonyl (C=O) groups is 1. The molecule has 2 aromatic rings. The Morgan fingerprint density at radius 1 is 1.32 bits per heavy atom. The molecule has 1 N–H and O–H groups in total. The van der Waals surface area contributed by atoms with Crippen LogP contribution in [0.4, 0.5) is 11.4 Å². The van der Waals surface area contributed by atoms with Gasteiger partial charge in [-0.15, -0.1) is 0 Å². The zero-order valence-electron chi connectivity index (χ0n) is 16.2. The first-order valence-corrected chi connectivity index (χ1v) is 9.19. The van der Waals surface area contributed by atoms with Crippen LogP contribution in [-0.4, -0.2) is 58.1 Å². The molecule has 3 rings (SSSR count). The van der Waals surface area contributed by atoms with Crippen molar-refractivity contribution in [1.29, 1.82) is 0 Å². The average molecular weight is 388 g/mol. The third-order valence-corrected chi connectivity index (χ3v) is 4.50. The predicted molar refractivity (Wildman–Crippen MR) is 102 cm³/mol. The number of piperazine rings is 1. The van der Waals surface area contributed by atoms with Crippen molar-refractivity contribution < 1.29 is 14.2 Å². The molecule has 1 saturated heterocycles. The van der Waals surface area contributed by atoms with E-state index in [1.807, 2.05) is 18.7 Å². The van der Waals surface area contributed by atoms with Gasteiger partial charge in [0.05, 0.1) is 11.5 Å². The molecule has 0 aliphatic carbocycles. The zero-order chi connectivity index (χ0) is 20.3. The van der Waals surface area contributed by atoms with Crippen LogP contribution in [0.25, 0.3) is 0 Å². The Morgan fingerprint density at radius 2 is 2.04 bits per heavy atom. The molecule has 1 aromatic carbocycles. The molecule has 1 aliphatic rings. The summed E-state index contributed by atoms with van der Waals surface area (Å²) in [5, 5.41) is 18.2. The molecule has 0 unspecified atom stereocenters. The minimum absolute atomic E-state index is 0.0395. The van der Waals surface area contributed by atoms with Crippen molar-refractivity contribution in [2.45, 2.75) is 33.4 Å². The number of nitro groups is 1. The van der Waals surface area contributed by atoms with Crippen molar-refractivity contribution in [3.8, 4) is 0 Å². The van der Waals surface area contributed by atoms with Crippen LogP contribution in [0.2, 0.25) is 0 Å². The highest BCUT2D eigenvalue weighted by Crippen LogP contribution is 2.30. The second-order valence-corrected chi connectivity index (χ2v) is 7.08. The fourth-order valence-corrected chi connectivity index (χ4v) is 3.18. The molecule has 0 spiro atoms. The molecule has 0 saturated carbocycles. The molecule has 10 heteroatoms. The van der Waals surface area contributed by atoms with Gasteiger partial charge < -0.3 is 14.7 Å². The Morgan fingerprint density at radius 3 is 2.61 bits per heavy atom. The molecule has 0 radical (unpaired) electrons. The molecule has 10 nitrogen and oxygen atoms in total. The first kappa shape index (κ1) is 19.7. The number of hydrogen-bond acceptors (Lipinski definition) is 8. The quantitative estimate of drug-likeness (QED) is 0.587. The van der Waals surface area contributed by atoms with Gasteiger partial charge in [0.25, 0.3) is 11.6 Å². The van der Waals surface area contributed by atoms with Crippen LogP contribution in [0, 0.1) is 17.0 Å². The summed E-state index contributed by atoms with van der Waals surface area (Å²) in [5.41, 5.74) is 0.759. The number of rotatable bonds is 6. The van der Waals surface area contributed by atoms with Crippen molar-refractivity contribution in [1.82, 2.24) is 20.4 Å². The van der Waals surface area contributed by atoms with E-state index in [1.165, 1.54) is 6.07 Å². The summed E-state index contributed by atoms with van der Waals surface area (Å²) >= 11 is 0. The molecular weight excluding hydrogens is 364 g/mol. The van der Waals surface area contributed by atoms with Crippen LogP contribution in [-0.2, 0) is 6.54 Å². The minimum atomic E-state index is -0.435. The standard InChI is InChI=1S/C18H24N6O4/c1-12(2)19-18(25)14-4-5-15(16(10-14)24(26)27)23-8-6-22(7-9-23)11-17-20-13(3)28-21-17/h4-5,10,12H,6-9,11H2,1-3H3,(H,19,25). The van der Waals surface area contributed by atoms with E-state index in [1.54, 1.807) is 19.1 Å². The smallest absolute Gasteiger partial charge is 0.293 e. The number of anilines is 1. The number of nitrogens with one attached hydrogen (secondary N) is 1. The Bertz CT molecular complexity index is 858. The molecule has 28 heavy (non-hydrogen) atoms. The lowest BCUT2D eigenvalue weighted by atomic mass is 10.1. The summed E-state index contributed by atoms with van der Waals surface area (Å²) in [4.78, 5) is 31.7. The van der Waals surface area contributed by atoms with Gasteiger partial charge in [-0.05, 0) is 26.0 Å². The number of nitrogens with zero attached hydrogens (tertiary/aromatic N) is 5. The molecule has 1 aliphatic heterocycles. The van der Waals surface area contributed by atoms with Gasteiger partial charge in [-0.1, -0.05) is 5.16 Å². The van der Waals surface area contributed by atoms with Gasteiger partial charge in [-0.25, -0.2) is 0 Å². The molecular formula is C18H24N6O4. The number of benzene rings is 1. The van der Waals surface area contributed by atoms with E-state index in [-0.39, 0.29) is 23.2 Å². The maximum atomic E-state index is 12.2. The summed E-state index contributed by atoms with van der Waals surface area (Å²) in [6.45, 7) is 8.73. The fraction of sp³-hybridized carbons (Fsp3) is 0.500. The number of nitro benzene ring substituents is 1. The summed E-state index contributed by atoms with van der Waals surface area (Å²) < 4.78 is 4.99. The Labute approximate surface area is 162 Å². The summed E-state index contributed by atoms with van der Waals surface area (Å²) in [6.07, 6.45) is 0. The Balaban J connectivity index is 1.69. The minimum Gasteiger partial charge on any atom is -0.363 e. The van der Waals surface area contributed by atoms with E-state index in [0.29, 0.717) is 37.0 Å². The van der Waals surface area contributed by atoms with E-state index in [2.05, 4.69) is 20.4 Å². The van der Waals surface area contributed by atoms with Gasteiger partial charge in [-0.3, -0.25) is 19.8 Å². The molecule has 1 amide bonds. The highest BCUT2D eigenvalue weighted by Gasteiger charge is 2.25. The van der Waals surface area contributed by atoms with Crippen LogP contribution in [0.15, 0.2) is 22.7 Å². The lowest BCUT2D eigenvalue weighted by molar-refractivity contribution is -0.384. The van der Waals surface area contributed by atoms with Crippen LogP contribution < -0.4 is 10.2 Å². The third-order valence-electron chi connectivity index (χ3n) is 4.50. The van der Waals surface area contributed by atoms with Crippen molar-refractivity contribution in [2.24, 2.45) is 0 Å². The van der Waals surface area contributed by atoms with E-state index in [0.717, 1.165) is 13.1 Å². The van der Waals surface area contributed by atoms with Crippen molar-refractivity contribution in [3.05, 3.63) is 45.6 Å². The Kier molecular flexibility index (Phi) is 5.88. The molecule has 1 fully saturated rings. The summed E-state index contributed by atoms with van der Waals surface area (Å²) in [7, 11) is 0. The van der Waals surface area contributed by atoms with Gasteiger partial charge in [0, 0.05) is 50.8 Å². The van der Waals surface area contributed by atoms with Crippen LogP contribution >= 0.6 is 0 Å². The number of aryl methyl sites for hydroxylation is 1. The second-order valence-electron chi connectivity index (χ2n) is 7.08. The number of carbonyl (C=O) groups excluding carboxylic acids is 1. The maximum Gasteiger partial charge on any atom is 0.293 e. The first-order chi connectivity index (χ1) is 13.3. The lowest BCUT2D eigenvalue weighted by Gasteiger charge is -2.35. The van der Waals surface area contributed by atoms with Crippen LogP contribution in [0.3, 0.4) is 0 Å². The average Bonchev–Trinajstić information content (AvgIpc) is 3.06. The highest BCUT2D eigenvalue weighted by atomic mass is 16.6. The van der Waals surface area contributed by atoms with Gasteiger partial charge >= 0.3 is 0 Å². The van der Waals surface area contributed by atoms with E-state index in [9.17, 15) is 14.9 Å².